The molecule has 3 rings (SSSR count). The van der Waals surface area contributed by atoms with E-state index in [0.29, 0.717) is 23.2 Å². The van der Waals surface area contributed by atoms with Crippen LogP contribution in [0.15, 0.2) is 45.4 Å². The molecule has 0 bridgehead atoms. The molecule has 19 heavy (non-hydrogen) atoms. The van der Waals surface area contributed by atoms with Crippen LogP contribution < -0.4 is 5.73 Å². The number of pyridine rings is 1. The van der Waals surface area contributed by atoms with Gasteiger partial charge in [-0.15, -0.1) is 23.1 Å². The smallest absolute Gasteiger partial charge is 0.268 e. The van der Waals surface area contributed by atoms with E-state index in [1.54, 1.807) is 35.5 Å². The topological polar surface area (TPSA) is 77.8 Å². The van der Waals surface area contributed by atoms with Crippen LogP contribution >= 0.6 is 23.1 Å². The van der Waals surface area contributed by atoms with Gasteiger partial charge in [0.15, 0.2) is 5.82 Å². The zero-order valence-corrected chi connectivity index (χ0v) is 11.4. The summed E-state index contributed by atoms with van der Waals surface area (Å²) in [6, 6.07) is 5.78. The highest BCUT2D eigenvalue weighted by atomic mass is 32.2. The standard InChI is InChI=1S/C12H10N4OS2/c13-8-6-14-4-3-9(8)19-7-11-15-12(17-16-11)10-2-1-5-18-10/h1-6H,7,13H2. The minimum absolute atomic E-state index is 0.563. The second-order valence-electron chi connectivity index (χ2n) is 3.70. The molecule has 5 nitrogen and oxygen atoms in total. The molecule has 0 unspecified atom stereocenters. The van der Waals surface area contributed by atoms with Crippen LogP contribution in [-0.2, 0) is 5.75 Å². The van der Waals surface area contributed by atoms with Crippen LogP contribution in [-0.4, -0.2) is 15.1 Å². The molecule has 0 aliphatic rings. The molecule has 0 amide bonds. The first-order valence-electron chi connectivity index (χ1n) is 5.51. The van der Waals surface area contributed by atoms with Crippen molar-refractivity contribution in [3.8, 4) is 10.8 Å². The number of aromatic nitrogens is 3. The van der Waals surface area contributed by atoms with E-state index in [-0.39, 0.29) is 0 Å². The molecule has 0 atom stereocenters. The van der Waals surface area contributed by atoms with Crippen molar-refractivity contribution >= 4 is 28.8 Å². The molecule has 0 spiro atoms. The molecule has 0 aliphatic heterocycles. The van der Waals surface area contributed by atoms with Gasteiger partial charge in [0.05, 0.1) is 22.5 Å². The average molecular weight is 290 g/mol. The molecule has 3 heterocycles. The third kappa shape index (κ3) is 2.77. The summed E-state index contributed by atoms with van der Waals surface area (Å²) in [6.45, 7) is 0. The number of thiophene rings is 1. The predicted molar refractivity (Wildman–Crippen MR) is 75.8 cm³/mol. The molecule has 3 aromatic heterocycles. The molecule has 0 saturated carbocycles. The van der Waals surface area contributed by atoms with Gasteiger partial charge in [-0.05, 0) is 17.5 Å². The van der Waals surface area contributed by atoms with Crippen LogP contribution in [0.3, 0.4) is 0 Å². The summed E-state index contributed by atoms with van der Waals surface area (Å²) >= 11 is 3.14. The highest BCUT2D eigenvalue weighted by molar-refractivity contribution is 7.98. The van der Waals surface area contributed by atoms with E-state index in [4.69, 9.17) is 10.3 Å². The number of anilines is 1. The number of rotatable bonds is 4. The molecule has 0 fully saturated rings. The number of hydrogen-bond acceptors (Lipinski definition) is 7. The maximum atomic E-state index is 5.82. The Bertz CT molecular complexity index is 666. The average Bonchev–Trinajstić information content (AvgIpc) is 3.09. The lowest BCUT2D eigenvalue weighted by molar-refractivity contribution is 0.426. The molecule has 0 aromatic carbocycles. The number of nitrogen functional groups attached to an aromatic ring is 1. The first-order chi connectivity index (χ1) is 9.33. The number of thioether (sulfide) groups is 1. The summed E-state index contributed by atoms with van der Waals surface area (Å²) in [4.78, 5) is 10.3. The van der Waals surface area contributed by atoms with Gasteiger partial charge in [0, 0.05) is 11.1 Å². The summed E-state index contributed by atoms with van der Waals surface area (Å²) in [6.07, 6.45) is 3.35. The van der Waals surface area contributed by atoms with Crippen LogP contribution in [0.2, 0.25) is 0 Å². The summed E-state index contributed by atoms with van der Waals surface area (Å²) in [5.74, 6) is 1.83. The highest BCUT2D eigenvalue weighted by Crippen LogP contribution is 2.28. The van der Waals surface area contributed by atoms with Gasteiger partial charge >= 0.3 is 0 Å². The van der Waals surface area contributed by atoms with Crippen molar-refractivity contribution in [3.05, 3.63) is 41.8 Å². The Hall–Kier alpha value is -1.86. The first kappa shape index (κ1) is 12.2. The van der Waals surface area contributed by atoms with Crippen molar-refractivity contribution in [2.75, 3.05) is 5.73 Å². The number of nitrogens with zero attached hydrogens (tertiary/aromatic N) is 3. The van der Waals surface area contributed by atoms with Crippen molar-refractivity contribution in [1.29, 1.82) is 0 Å². The zero-order valence-electron chi connectivity index (χ0n) is 9.81. The molecule has 0 aliphatic carbocycles. The highest BCUT2D eigenvalue weighted by Gasteiger charge is 2.10. The van der Waals surface area contributed by atoms with Crippen LogP contribution in [0.4, 0.5) is 5.69 Å². The van der Waals surface area contributed by atoms with Crippen molar-refractivity contribution in [2.24, 2.45) is 0 Å². The molecular formula is C12H10N4OS2. The van der Waals surface area contributed by atoms with E-state index in [1.807, 2.05) is 23.6 Å². The van der Waals surface area contributed by atoms with E-state index < -0.39 is 0 Å². The number of hydrogen-bond donors (Lipinski definition) is 1. The zero-order chi connectivity index (χ0) is 13.1. The Kier molecular flexibility index (Phi) is 3.47. The lowest BCUT2D eigenvalue weighted by Gasteiger charge is -2.01. The molecule has 7 heteroatoms. The first-order valence-corrected chi connectivity index (χ1v) is 7.38. The monoisotopic (exact) mass is 290 g/mol. The second-order valence-corrected chi connectivity index (χ2v) is 5.66. The maximum Gasteiger partial charge on any atom is 0.268 e. The van der Waals surface area contributed by atoms with E-state index in [2.05, 4.69) is 15.1 Å². The lowest BCUT2D eigenvalue weighted by atomic mass is 10.4. The fourth-order valence-corrected chi connectivity index (χ4v) is 2.90. The third-order valence-electron chi connectivity index (χ3n) is 2.37. The minimum Gasteiger partial charge on any atom is -0.397 e. The normalized spacial score (nSPS) is 10.7. The predicted octanol–water partition coefficient (Wildman–Crippen LogP) is 3.07. The summed E-state index contributed by atoms with van der Waals surface area (Å²) < 4.78 is 5.22. The van der Waals surface area contributed by atoms with Gasteiger partial charge in [-0.2, -0.15) is 4.98 Å². The SMILES string of the molecule is Nc1cnccc1SCc1noc(-c2cccs2)n1. The van der Waals surface area contributed by atoms with Crippen LogP contribution in [0.1, 0.15) is 5.82 Å². The van der Waals surface area contributed by atoms with Gasteiger partial charge in [0.1, 0.15) is 0 Å². The van der Waals surface area contributed by atoms with Crippen LogP contribution in [0.5, 0.6) is 0 Å². The van der Waals surface area contributed by atoms with Crippen molar-refractivity contribution in [2.45, 2.75) is 10.6 Å². The van der Waals surface area contributed by atoms with E-state index in [9.17, 15) is 0 Å². The van der Waals surface area contributed by atoms with Crippen LogP contribution in [0.25, 0.3) is 10.8 Å². The Morgan fingerprint density at radius 2 is 2.32 bits per heavy atom. The van der Waals surface area contributed by atoms with E-state index >= 15 is 0 Å². The molecule has 96 valence electrons. The van der Waals surface area contributed by atoms with Crippen molar-refractivity contribution < 1.29 is 4.52 Å². The van der Waals surface area contributed by atoms with E-state index in [0.717, 1.165) is 9.77 Å². The van der Waals surface area contributed by atoms with Gasteiger partial charge in [-0.25, -0.2) is 0 Å². The fourth-order valence-electron chi connectivity index (χ4n) is 1.48. The van der Waals surface area contributed by atoms with Crippen molar-refractivity contribution in [3.63, 3.8) is 0 Å². The van der Waals surface area contributed by atoms with Gasteiger partial charge in [-0.3, -0.25) is 4.98 Å². The summed E-state index contributed by atoms with van der Waals surface area (Å²) in [7, 11) is 0. The number of nitrogens with two attached hydrogens (primary N) is 1. The van der Waals surface area contributed by atoms with Gasteiger partial charge in [0.2, 0.25) is 0 Å². The maximum absolute atomic E-state index is 5.82. The molecule has 3 aromatic rings. The Morgan fingerprint density at radius 3 is 3.11 bits per heavy atom. The van der Waals surface area contributed by atoms with E-state index in [1.165, 1.54) is 0 Å². The van der Waals surface area contributed by atoms with Crippen LogP contribution in [0, 0.1) is 0 Å². The molecule has 0 radical (unpaired) electrons. The third-order valence-corrected chi connectivity index (χ3v) is 4.31. The Labute approximate surface area is 117 Å². The van der Waals surface area contributed by atoms with Gasteiger partial charge in [0.25, 0.3) is 5.89 Å². The largest absolute Gasteiger partial charge is 0.397 e. The minimum atomic E-state index is 0.563. The van der Waals surface area contributed by atoms with Gasteiger partial charge in [-0.1, -0.05) is 11.2 Å². The fraction of sp³-hybridized carbons (Fsp3) is 0.0833. The lowest BCUT2D eigenvalue weighted by Crippen LogP contribution is -1.90. The molecular weight excluding hydrogens is 280 g/mol. The Balaban J connectivity index is 1.70. The molecule has 2 N–H and O–H groups in total. The quantitative estimate of drug-likeness (QED) is 0.744. The Morgan fingerprint density at radius 1 is 1.37 bits per heavy atom. The molecule has 0 saturated heterocycles. The van der Waals surface area contributed by atoms with Gasteiger partial charge < -0.3 is 10.3 Å². The summed E-state index contributed by atoms with van der Waals surface area (Å²) in [5, 5.41) is 5.94. The van der Waals surface area contributed by atoms with Crippen molar-refractivity contribution in [1.82, 2.24) is 15.1 Å². The summed E-state index contributed by atoms with van der Waals surface area (Å²) in [5.41, 5.74) is 6.48. The second kappa shape index (κ2) is 5.41.